The minimum atomic E-state index is 0.156. The van der Waals surface area contributed by atoms with Gasteiger partial charge in [-0.1, -0.05) is 12.1 Å². The zero-order valence-corrected chi connectivity index (χ0v) is 11.4. The first-order chi connectivity index (χ1) is 9.06. The van der Waals surface area contributed by atoms with Gasteiger partial charge in [0.2, 0.25) is 0 Å². The van der Waals surface area contributed by atoms with Gasteiger partial charge in [0, 0.05) is 13.5 Å². The summed E-state index contributed by atoms with van der Waals surface area (Å²) in [5.74, 6) is 2.55. The second-order valence-corrected chi connectivity index (χ2v) is 4.53. The van der Waals surface area contributed by atoms with Crippen LogP contribution < -0.4 is 4.74 Å². The average Bonchev–Trinajstić information content (AvgIpc) is 2.69. The van der Waals surface area contributed by atoms with Gasteiger partial charge >= 0.3 is 0 Å². The molecule has 1 aromatic heterocycles. The fourth-order valence-electron chi connectivity index (χ4n) is 1.72. The molecule has 0 bridgehead atoms. The highest BCUT2D eigenvalue weighted by Crippen LogP contribution is 2.14. The largest absolute Gasteiger partial charge is 0.486 e. The number of aromatic nitrogens is 3. The summed E-state index contributed by atoms with van der Waals surface area (Å²) in [5, 5.41) is 8.00. The number of Topliss-reactive ketones (excluding diaryl/α,β-unsaturated/α-hetero) is 1. The third kappa shape index (κ3) is 3.40. The minimum Gasteiger partial charge on any atom is -0.486 e. The van der Waals surface area contributed by atoms with E-state index in [2.05, 4.69) is 10.2 Å². The van der Waals surface area contributed by atoms with E-state index in [1.807, 2.05) is 42.8 Å². The Labute approximate surface area is 112 Å². The standard InChI is InChI=1S/C14H17N3O2/c1-10(18)8-12-4-6-13(7-5-12)19-9-14-16-15-11(2)17(14)3/h4-7H,8-9H2,1-3H3. The zero-order chi connectivity index (χ0) is 13.8. The summed E-state index contributed by atoms with van der Waals surface area (Å²) in [7, 11) is 1.91. The lowest BCUT2D eigenvalue weighted by Crippen LogP contribution is -2.04. The van der Waals surface area contributed by atoms with Crippen molar-refractivity contribution in [2.75, 3.05) is 0 Å². The molecule has 0 aliphatic rings. The van der Waals surface area contributed by atoms with E-state index in [1.54, 1.807) is 6.92 Å². The molecule has 0 fully saturated rings. The van der Waals surface area contributed by atoms with Gasteiger partial charge in [-0.05, 0) is 31.5 Å². The van der Waals surface area contributed by atoms with Crippen LogP contribution in [0.15, 0.2) is 24.3 Å². The summed E-state index contributed by atoms with van der Waals surface area (Å²) in [4.78, 5) is 11.0. The Morgan fingerprint density at radius 1 is 1.26 bits per heavy atom. The van der Waals surface area contributed by atoms with Crippen LogP contribution >= 0.6 is 0 Å². The number of benzene rings is 1. The van der Waals surface area contributed by atoms with Crippen molar-refractivity contribution in [3.63, 3.8) is 0 Å². The second kappa shape index (κ2) is 5.65. The van der Waals surface area contributed by atoms with Crippen molar-refractivity contribution >= 4 is 5.78 Å². The molecule has 0 saturated carbocycles. The number of carbonyl (C=O) groups is 1. The molecule has 0 atom stereocenters. The predicted molar refractivity (Wildman–Crippen MR) is 70.9 cm³/mol. The van der Waals surface area contributed by atoms with Crippen LogP contribution in [-0.4, -0.2) is 20.5 Å². The number of rotatable bonds is 5. The van der Waals surface area contributed by atoms with Crippen molar-refractivity contribution in [2.45, 2.75) is 26.9 Å². The van der Waals surface area contributed by atoms with Gasteiger partial charge in [-0.3, -0.25) is 4.79 Å². The van der Waals surface area contributed by atoms with Gasteiger partial charge in [0.25, 0.3) is 0 Å². The fourth-order valence-corrected chi connectivity index (χ4v) is 1.72. The molecular formula is C14H17N3O2. The maximum absolute atomic E-state index is 11.0. The van der Waals surface area contributed by atoms with E-state index in [0.717, 1.165) is 23.0 Å². The Balaban J connectivity index is 1.96. The predicted octanol–water partition coefficient (Wildman–Crippen LogP) is 1.83. The first kappa shape index (κ1) is 13.3. The lowest BCUT2D eigenvalue weighted by atomic mass is 10.1. The average molecular weight is 259 g/mol. The quantitative estimate of drug-likeness (QED) is 0.822. The van der Waals surface area contributed by atoms with Gasteiger partial charge in [-0.2, -0.15) is 0 Å². The molecule has 0 N–H and O–H groups in total. The van der Waals surface area contributed by atoms with Crippen LogP contribution in [-0.2, 0) is 24.9 Å². The molecule has 0 saturated heterocycles. The minimum absolute atomic E-state index is 0.156. The Morgan fingerprint density at radius 3 is 2.47 bits per heavy atom. The van der Waals surface area contributed by atoms with Crippen molar-refractivity contribution in [2.24, 2.45) is 7.05 Å². The van der Waals surface area contributed by atoms with Crippen molar-refractivity contribution in [3.05, 3.63) is 41.5 Å². The maximum Gasteiger partial charge on any atom is 0.170 e. The van der Waals surface area contributed by atoms with Gasteiger partial charge < -0.3 is 9.30 Å². The highest BCUT2D eigenvalue weighted by atomic mass is 16.5. The molecule has 0 unspecified atom stereocenters. The molecule has 1 aromatic carbocycles. The molecule has 1 heterocycles. The number of ketones is 1. The third-order valence-electron chi connectivity index (χ3n) is 2.93. The Hall–Kier alpha value is -2.17. The third-order valence-corrected chi connectivity index (χ3v) is 2.93. The summed E-state index contributed by atoms with van der Waals surface area (Å²) < 4.78 is 7.53. The molecule has 0 radical (unpaired) electrons. The number of aryl methyl sites for hydroxylation is 1. The summed E-state index contributed by atoms with van der Waals surface area (Å²) >= 11 is 0. The molecule has 5 nitrogen and oxygen atoms in total. The lowest BCUT2D eigenvalue weighted by molar-refractivity contribution is -0.116. The SMILES string of the molecule is CC(=O)Cc1ccc(OCc2nnc(C)n2C)cc1. The summed E-state index contributed by atoms with van der Waals surface area (Å²) in [6, 6.07) is 7.53. The number of carbonyl (C=O) groups excluding carboxylic acids is 1. The monoisotopic (exact) mass is 259 g/mol. The topological polar surface area (TPSA) is 57.0 Å². The smallest absolute Gasteiger partial charge is 0.170 e. The Bertz CT molecular complexity index is 573. The molecular weight excluding hydrogens is 242 g/mol. The normalized spacial score (nSPS) is 10.5. The van der Waals surface area contributed by atoms with E-state index < -0.39 is 0 Å². The summed E-state index contributed by atoms with van der Waals surface area (Å²) in [6.07, 6.45) is 0.461. The van der Waals surface area contributed by atoms with Crippen molar-refractivity contribution in [3.8, 4) is 5.75 Å². The summed E-state index contributed by atoms with van der Waals surface area (Å²) in [5.41, 5.74) is 0.995. The van der Waals surface area contributed by atoms with Crippen LogP contribution in [0.5, 0.6) is 5.75 Å². The van der Waals surface area contributed by atoms with E-state index in [-0.39, 0.29) is 5.78 Å². The summed E-state index contributed by atoms with van der Waals surface area (Å²) in [6.45, 7) is 3.86. The van der Waals surface area contributed by atoms with Crippen LogP contribution in [0.1, 0.15) is 24.1 Å². The molecule has 2 rings (SSSR count). The second-order valence-electron chi connectivity index (χ2n) is 4.53. The van der Waals surface area contributed by atoms with Gasteiger partial charge in [0.05, 0.1) is 0 Å². The Morgan fingerprint density at radius 2 is 1.95 bits per heavy atom. The van der Waals surface area contributed by atoms with Crippen LogP contribution in [0.4, 0.5) is 0 Å². The molecule has 0 aliphatic heterocycles. The van der Waals surface area contributed by atoms with Gasteiger partial charge in [-0.15, -0.1) is 10.2 Å². The van der Waals surface area contributed by atoms with Gasteiger partial charge in [0.15, 0.2) is 5.82 Å². The van der Waals surface area contributed by atoms with Crippen LogP contribution in [0.2, 0.25) is 0 Å². The van der Waals surface area contributed by atoms with E-state index in [9.17, 15) is 4.79 Å². The molecule has 19 heavy (non-hydrogen) atoms. The van der Waals surface area contributed by atoms with Crippen molar-refractivity contribution in [1.82, 2.24) is 14.8 Å². The number of hydrogen-bond acceptors (Lipinski definition) is 4. The van der Waals surface area contributed by atoms with Gasteiger partial charge in [0.1, 0.15) is 24.0 Å². The molecule has 5 heteroatoms. The van der Waals surface area contributed by atoms with Crippen molar-refractivity contribution < 1.29 is 9.53 Å². The van der Waals surface area contributed by atoms with E-state index in [0.29, 0.717) is 13.0 Å². The van der Waals surface area contributed by atoms with Crippen LogP contribution in [0.25, 0.3) is 0 Å². The molecule has 0 spiro atoms. The molecule has 0 aliphatic carbocycles. The van der Waals surface area contributed by atoms with E-state index in [4.69, 9.17) is 4.74 Å². The lowest BCUT2D eigenvalue weighted by Gasteiger charge is -2.06. The maximum atomic E-state index is 11.0. The highest BCUT2D eigenvalue weighted by molar-refractivity contribution is 5.78. The first-order valence-corrected chi connectivity index (χ1v) is 6.12. The molecule has 2 aromatic rings. The number of nitrogens with zero attached hydrogens (tertiary/aromatic N) is 3. The first-order valence-electron chi connectivity index (χ1n) is 6.12. The van der Waals surface area contributed by atoms with Crippen LogP contribution in [0, 0.1) is 6.92 Å². The van der Waals surface area contributed by atoms with Crippen LogP contribution in [0.3, 0.4) is 0 Å². The zero-order valence-electron chi connectivity index (χ0n) is 11.4. The van der Waals surface area contributed by atoms with E-state index in [1.165, 1.54) is 0 Å². The molecule has 0 amide bonds. The van der Waals surface area contributed by atoms with E-state index >= 15 is 0 Å². The fraction of sp³-hybridized carbons (Fsp3) is 0.357. The molecule has 100 valence electrons. The van der Waals surface area contributed by atoms with Gasteiger partial charge in [-0.25, -0.2) is 0 Å². The Kier molecular flexibility index (Phi) is 3.94. The number of hydrogen-bond donors (Lipinski definition) is 0. The van der Waals surface area contributed by atoms with Crippen molar-refractivity contribution in [1.29, 1.82) is 0 Å². The number of ether oxygens (including phenoxy) is 1. The highest BCUT2D eigenvalue weighted by Gasteiger charge is 2.05.